The summed E-state index contributed by atoms with van der Waals surface area (Å²) < 4.78 is 34.4. The van der Waals surface area contributed by atoms with Crippen molar-refractivity contribution in [2.75, 3.05) is 12.0 Å². The molecule has 0 saturated heterocycles. The zero-order valence-corrected chi connectivity index (χ0v) is 11.6. The third kappa shape index (κ3) is 3.26. The van der Waals surface area contributed by atoms with E-state index in [0.717, 1.165) is 19.1 Å². The SMILES string of the molecule is CS(=O)(=O)c1ccc(S(=O)CC(=O)C2CC2)cc1. The molecule has 1 unspecified atom stereocenters. The number of Topliss-reactive ketones (excluding diaryl/α,β-unsaturated/α-hetero) is 1. The van der Waals surface area contributed by atoms with Crippen molar-refractivity contribution in [3.8, 4) is 0 Å². The molecule has 1 aromatic carbocycles. The molecule has 1 aromatic rings. The fourth-order valence-corrected chi connectivity index (χ4v) is 3.31. The van der Waals surface area contributed by atoms with Crippen molar-refractivity contribution in [2.45, 2.75) is 22.6 Å². The van der Waals surface area contributed by atoms with Crippen molar-refractivity contribution in [3.05, 3.63) is 24.3 Å². The topological polar surface area (TPSA) is 68.3 Å². The van der Waals surface area contributed by atoms with Gasteiger partial charge in [-0.3, -0.25) is 9.00 Å². The molecule has 4 nitrogen and oxygen atoms in total. The van der Waals surface area contributed by atoms with Crippen LogP contribution in [0.15, 0.2) is 34.1 Å². The maximum Gasteiger partial charge on any atom is 0.175 e. The Morgan fingerprint density at radius 2 is 1.83 bits per heavy atom. The lowest BCUT2D eigenvalue weighted by Crippen LogP contribution is -2.12. The molecule has 6 heteroatoms. The van der Waals surface area contributed by atoms with Crippen LogP contribution < -0.4 is 0 Å². The van der Waals surface area contributed by atoms with Crippen LogP contribution in [0.5, 0.6) is 0 Å². The predicted octanol–water partition coefficient (Wildman–Crippen LogP) is 1.18. The van der Waals surface area contributed by atoms with Crippen molar-refractivity contribution in [1.29, 1.82) is 0 Å². The Bertz CT molecular complexity index is 583. The predicted molar refractivity (Wildman–Crippen MR) is 68.6 cm³/mol. The maximum atomic E-state index is 11.9. The highest BCUT2D eigenvalue weighted by molar-refractivity contribution is 7.90. The molecular formula is C12H14O4S2. The summed E-state index contributed by atoms with van der Waals surface area (Å²) in [6.07, 6.45) is 2.93. The lowest BCUT2D eigenvalue weighted by Gasteiger charge is -2.03. The summed E-state index contributed by atoms with van der Waals surface area (Å²) in [6.45, 7) is 0. The second-order valence-electron chi connectivity index (χ2n) is 4.47. The van der Waals surface area contributed by atoms with E-state index in [1.165, 1.54) is 24.3 Å². The minimum absolute atomic E-state index is 0.0306. The summed E-state index contributed by atoms with van der Waals surface area (Å²) in [4.78, 5) is 12.2. The second kappa shape index (κ2) is 4.93. The van der Waals surface area contributed by atoms with E-state index < -0.39 is 20.6 Å². The molecule has 18 heavy (non-hydrogen) atoms. The Morgan fingerprint density at radius 1 is 1.28 bits per heavy atom. The van der Waals surface area contributed by atoms with Crippen LogP contribution in [-0.4, -0.2) is 30.4 Å². The Morgan fingerprint density at radius 3 is 2.28 bits per heavy atom. The van der Waals surface area contributed by atoms with E-state index in [4.69, 9.17) is 0 Å². The van der Waals surface area contributed by atoms with E-state index in [9.17, 15) is 17.4 Å². The van der Waals surface area contributed by atoms with E-state index in [1.807, 2.05) is 0 Å². The Hall–Kier alpha value is -1.01. The van der Waals surface area contributed by atoms with E-state index in [2.05, 4.69) is 0 Å². The molecular weight excluding hydrogens is 272 g/mol. The molecule has 1 aliphatic rings. The fraction of sp³-hybridized carbons (Fsp3) is 0.417. The molecule has 0 N–H and O–H groups in total. The van der Waals surface area contributed by atoms with Crippen LogP contribution >= 0.6 is 0 Å². The van der Waals surface area contributed by atoms with Crippen LogP contribution in [0.3, 0.4) is 0 Å². The number of hydrogen-bond acceptors (Lipinski definition) is 4. The quantitative estimate of drug-likeness (QED) is 0.815. The van der Waals surface area contributed by atoms with Crippen LogP contribution in [0.1, 0.15) is 12.8 Å². The van der Waals surface area contributed by atoms with Gasteiger partial charge in [0.25, 0.3) is 0 Å². The highest BCUT2D eigenvalue weighted by atomic mass is 32.2. The average molecular weight is 286 g/mol. The normalized spacial score (nSPS) is 17.4. The third-order valence-electron chi connectivity index (χ3n) is 2.82. The first kappa shape index (κ1) is 13.4. The molecule has 0 spiro atoms. The van der Waals surface area contributed by atoms with Crippen molar-refractivity contribution in [3.63, 3.8) is 0 Å². The lowest BCUT2D eigenvalue weighted by atomic mass is 10.3. The van der Waals surface area contributed by atoms with Crippen molar-refractivity contribution >= 4 is 26.4 Å². The second-order valence-corrected chi connectivity index (χ2v) is 7.94. The molecule has 1 aliphatic carbocycles. The van der Waals surface area contributed by atoms with Gasteiger partial charge in [-0.05, 0) is 37.1 Å². The molecule has 0 bridgehead atoms. The van der Waals surface area contributed by atoms with Crippen LogP contribution in [0.2, 0.25) is 0 Å². The van der Waals surface area contributed by atoms with Gasteiger partial charge in [0.15, 0.2) is 9.84 Å². The van der Waals surface area contributed by atoms with E-state index in [-0.39, 0.29) is 22.3 Å². The van der Waals surface area contributed by atoms with Gasteiger partial charge in [0.05, 0.1) is 21.4 Å². The fourth-order valence-electron chi connectivity index (χ4n) is 1.57. The molecule has 0 radical (unpaired) electrons. The highest BCUT2D eigenvalue weighted by Crippen LogP contribution is 2.30. The molecule has 0 amide bonds. The zero-order valence-electron chi connectivity index (χ0n) is 9.96. The van der Waals surface area contributed by atoms with Gasteiger partial charge in [-0.15, -0.1) is 0 Å². The Balaban J connectivity index is 2.09. The van der Waals surface area contributed by atoms with Gasteiger partial charge in [0.1, 0.15) is 5.78 Å². The first-order valence-corrected chi connectivity index (χ1v) is 8.80. The summed E-state index contributed by atoms with van der Waals surface area (Å²) in [5.41, 5.74) is 0. The van der Waals surface area contributed by atoms with Gasteiger partial charge in [-0.25, -0.2) is 8.42 Å². The standard InChI is InChI=1S/C12H14O4S2/c1-18(15,16)11-6-4-10(5-7-11)17(14)8-12(13)9-2-3-9/h4-7,9H,2-3,8H2,1H3. The van der Waals surface area contributed by atoms with Gasteiger partial charge in [-0.2, -0.15) is 0 Å². The van der Waals surface area contributed by atoms with Gasteiger partial charge >= 0.3 is 0 Å². The summed E-state index contributed by atoms with van der Waals surface area (Å²) in [7, 11) is -4.61. The molecule has 0 aliphatic heterocycles. The van der Waals surface area contributed by atoms with Crippen LogP contribution in [-0.2, 0) is 25.4 Å². The Labute approximate surface area is 109 Å². The summed E-state index contributed by atoms with van der Waals surface area (Å²) in [6, 6.07) is 5.85. The third-order valence-corrected chi connectivity index (χ3v) is 5.29. The van der Waals surface area contributed by atoms with E-state index in [0.29, 0.717) is 4.90 Å². The minimum Gasteiger partial charge on any atom is -0.298 e. The highest BCUT2D eigenvalue weighted by Gasteiger charge is 2.30. The number of rotatable bonds is 5. The monoisotopic (exact) mass is 286 g/mol. The van der Waals surface area contributed by atoms with E-state index in [1.54, 1.807) is 0 Å². The maximum absolute atomic E-state index is 11.9. The molecule has 1 fully saturated rings. The summed E-state index contributed by atoms with van der Waals surface area (Å²) in [5.74, 6) is 0.174. The summed E-state index contributed by atoms with van der Waals surface area (Å²) >= 11 is 0. The van der Waals surface area contributed by atoms with Crippen molar-refractivity contribution in [2.24, 2.45) is 5.92 Å². The first-order valence-electron chi connectivity index (χ1n) is 5.59. The number of hydrogen-bond donors (Lipinski definition) is 0. The van der Waals surface area contributed by atoms with Crippen LogP contribution in [0.4, 0.5) is 0 Å². The minimum atomic E-state index is -3.24. The number of sulfone groups is 1. The molecule has 0 aromatic heterocycles. The van der Waals surface area contributed by atoms with Gasteiger partial charge < -0.3 is 0 Å². The number of carbonyl (C=O) groups is 1. The summed E-state index contributed by atoms with van der Waals surface area (Å²) in [5, 5.41) is 0. The van der Waals surface area contributed by atoms with Crippen LogP contribution in [0.25, 0.3) is 0 Å². The molecule has 1 saturated carbocycles. The van der Waals surface area contributed by atoms with E-state index >= 15 is 0 Å². The number of benzene rings is 1. The zero-order chi connectivity index (χ0) is 13.3. The van der Waals surface area contributed by atoms with Gasteiger partial charge in [0.2, 0.25) is 0 Å². The lowest BCUT2D eigenvalue weighted by molar-refractivity contribution is -0.117. The van der Waals surface area contributed by atoms with Crippen LogP contribution in [0, 0.1) is 5.92 Å². The smallest absolute Gasteiger partial charge is 0.175 e. The first-order chi connectivity index (χ1) is 8.38. The Kier molecular flexibility index (Phi) is 3.68. The number of carbonyl (C=O) groups excluding carboxylic acids is 1. The molecule has 98 valence electrons. The molecule has 0 heterocycles. The molecule has 2 rings (SSSR count). The van der Waals surface area contributed by atoms with Gasteiger partial charge in [-0.1, -0.05) is 0 Å². The van der Waals surface area contributed by atoms with Gasteiger partial charge in [0, 0.05) is 17.1 Å². The van der Waals surface area contributed by atoms with Crippen molar-refractivity contribution in [1.82, 2.24) is 0 Å². The molecule has 1 atom stereocenters. The van der Waals surface area contributed by atoms with Crippen molar-refractivity contribution < 1.29 is 17.4 Å². The average Bonchev–Trinajstić information content (AvgIpc) is 3.11. The largest absolute Gasteiger partial charge is 0.298 e. The number of ketones is 1.